The van der Waals surface area contributed by atoms with Crippen molar-refractivity contribution in [3.05, 3.63) is 26.8 Å². The molecule has 2 aromatic rings. The van der Waals surface area contributed by atoms with Gasteiger partial charge in [0, 0.05) is 31.1 Å². The lowest BCUT2D eigenvalue weighted by molar-refractivity contribution is -0.274. The highest BCUT2D eigenvalue weighted by Gasteiger charge is 2.35. The van der Waals surface area contributed by atoms with E-state index < -0.39 is 39.8 Å². The molecule has 8 nitrogen and oxygen atoms in total. The van der Waals surface area contributed by atoms with Crippen LogP contribution in [0.15, 0.2) is 15.3 Å². The summed E-state index contributed by atoms with van der Waals surface area (Å²) in [7, 11) is 0. The van der Waals surface area contributed by atoms with Gasteiger partial charge in [0.05, 0.1) is 9.99 Å². The molecule has 1 aliphatic heterocycles. The number of halogens is 5. The highest BCUT2D eigenvalue weighted by atomic mass is 79.9. The van der Waals surface area contributed by atoms with Crippen LogP contribution in [-0.2, 0) is 4.74 Å². The van der Waals surface area contributed by atoms with Crippen LogP contribution in [0.2, 0.25) is 0 Å². The van der Waals surface area contributed by atoms with Crippen LogP contribution >= 0.6 is 15.9 Å². The predicted molar refractivity (Wildman–Crippen MR) is 111 cm³/mol. The molecule has 1 fully saturated rings. The Morgan fingerprint density at radius 1 is 1.28 bits per heavy atom. The van der Waals surface area contributed by atoms with Crippen molar-refractivity contribution in [3.63, 3.8) is 0 Å². The molecule has 1 aromatic heterocycles. The number of nitrogens with one attached hydrogen (secondary N) is 1. The summed E-state index contributed by atoms with van der Waals surface area (Å²) in [6, 6.07) is 0.583. The van der Waals surface area contributed by atoms with Gasteiger partial charge in [0.2, 0.25) is 0 Å². The van der Waals surface area contributed by atoms with Crippen molar-refractivity contribution in [2.24, 2.45) is 0 Å². The van der Waals surface area contributed by atoms with Crippen LogP contribution in [-0.4, -0.2) is 58.6 Å². The summed E-state index contributed by atoms with van der Waals surface area (Å²) in [4.78, 5) is 33.7. The number of benzene rings is 1. The number of amides is 1. The third-order valence-corrected chi connectivity index (χ3v) is 5.37. The predicted octanol–water partition coefficient (Wildman–Crippen LogP) is 4.17. The molecule has 1 aromatic carbocycles. The van der Waals surface area contributed by atoms with Crippen LogP contribution in [0.3, 0.4) is 0 Å². The molecular formula is C19H21BrF4N4O4. The number of alkyl halides is 3. The Kier molecular flexibility index (Phi) is 6.33. The molecule has 1 amide bonds. The van der Waals surface area contributed by atoms with Crippen LogP contribution in [0.5, 0.6) is 5.75 Å². The molecule has 3 rings (SSSR count). The van der Waals surface area contributed by atoms with Crippen LogP contribution in [0.4, 0.5) is 28.2 Å². The van der Waals surface area contributed by atoms with E-state index in [1.165, 1.54) is 4.90 Å². The topological polar surface area (TPSA) is 87.8 Å². The first kappa shape index (κ1) is 24.1. The number of nitrogens with zero attached hydrogens (tertiary/aromatic N) is 3. The average molecular weight is 525 g/mol. The van der Waals surface area contributed by atoms with Crippen molar-refractivity contribution in [1.29, 1.82) is 0 Å². The maximum absolute atomic E-state index is 14.8. The van der Waals surface area contributed by atoms with Crippen LogP contribution in [0, 0.1) is 5.82 Å². The Balaban J connectivity index is 1.99. The van der Waals surface area contributed by atoms with Crippen LogP contribution < -0.4 is 15.3 Å². The largest absolute Gasteiger partial charge is 0.573 e. The Morgan fingerprint density at radius 3 is 2.50 bits per heavy atom. The number of hydrogen-bond acceptors (Lipinski definition) is 6. The van der Waals surface area contributed by atoms with Gasteiger partial charge in [-0.15, -0.1) is 13.2 Å². The fourth-order valence-electron chi connectivity index (χ4n) is 3.37. The number of aromatic nitrogens is 2. The second kappa shape index (κ2) is 8.41. The molecule has 2 heterocycles. The van der Waals surface area contributed by atoms with Gasteiger partial charge in [-0.05, 0) is 49.7 Å². The van der Waals surface area contributed by atoms with E-state index in [0.717, 1.165) is 6.07 Å². The van der Waals surface area contributed by atoms with Gasteiger partial charge in [-0.25, -0.2) is 14.0 Å². The fraction of sp³-hybridized carbons (Fsp3) is 0.526. The van der Waals surface area contributed by atoms with E-state index in [4.69, 9.17) is 4.74 Å². The second-order valence-electron chi connectivity index (χ2n) is 8.31. The number of hydrogen-bond donors (Lipinski definition) is 1. The molecule has 0 bridgehead atoms. The van der Waals surface area contributed by atoms with Gasteiger partial charge in [0.25, 0.3) is 0 Å². The number of aromatic amines is 1. The minimum atomic E-state index is -5.05. The smallest absolute Gasteiger partial charge is 0.444 e. The van der Waals surface area contributed by atoms with E-state index in [-0.39, 0.29) is 42.4 Å². The van der Waals surface area contributed by atoms with Crippen molar-refractivity contribution in [3.8, 4) is 5.75 Å². The zero-order chi connectivity index (χ0) is 24.0. The third kappa shape index (κ3) is 5.25. The molecule has 13 heteroatoms. The molecule has 0 aliphatic carbocycles. The average Bonchev–Trinajstić information content (AvgIpc) is 2.63. The fourth-order valence-corrected chi connectivity index (χ4v) is 3.77. The Morgan fingerprint density at radius 2 is 1.94 bits per heavy atom. The van der Waals surface area contributed by atoms with Crippen molar-refractivity contribution in [1.82, 2.24) is 14.9 Å². The summed E-state index contributed by atoms with van der Waals surface area (Å²) in [5.41, 5.74) is -1.87. The van der Waals surface area contributed by atoms with Crippen molar-refractivity contribution >= 4 is 38.7 Å². The Bertz CT molecular complexity index is 1100. The minimum absolute atomic E-state index is 0.0159. The molecule has 176 valence electrons. The first-order valence-corrected chi connectivity index (χ1v) is 10.4. The first-order chi connectivity index (χ1) is 14.7. The third-order valence-electron chi connectivity index (χ3n) is 4.63. The molecule has 0 saturated carbocycles. The number of carbonyl (C=O) groups is 1. The monoisotopic (exact) mass is 524 g/mol. The zero-order valence-electron chi connectivity index (χ0n) is 17.6. The number of rotatable bonds is 2. The lowest BCUT2D eigenvalue weighted by atomic mass is 10.1. The van der Waals surface area contributed by atoms with Crippen molar-refractivity contribution < 1.29 is 31.8 Å². The molecular weight excluding hydrogens is 504 g/mol. The van der Waals surface area contributed by atoms with Crippen LogP contribution in [0.1, 0.15) is 27.7 Å². The molecule has 0 radical (unpaired) electrons. The van der Waals surface area contributed by atoms with Gasteiger partial charge < -0.3 is 24.3 Å². The number of fused-ring (bicyclic) bond motifs is 1. The van der Waals surface area contributed by atoms with Gasteiger partial charge >= 0.3 is 18.1 Å². The highest BCUT2D eigenvalue weighted by molar-refractivity contribution is 9.10. The molecule has 1 atom stereocenters. The zero-order valence-corrected chi connectivity index (χ0v) is 19.2. The van der Waals surface area contributed by atoms with Crippen molar-refractivity contribution in [2.75, 3.05) is 24.5 Å². The summed E-state index contributed by atoms with van der Waals surface area (Å²) in [5.74, 6) is -1.95. The SMILES string of the molecule is CC1CN(c2nc(=O)[nH]c3c(F)c(Br)c(OC(F)(F)F)cc23)CCN1C(=O)OC(C)(C)C. The molecule has 0 spiro atoms. The summed E-state index contributed by atoms with van der Waals surface area (Å²) in [5, 5.41) is -0.0672. The first-order valence-electron chi connectivity index (χ1n) is 9.58. The minimum Gasteiger partial charge on any atom is -0.444 e. The van der Waals surface area contributed by atoms with Gasteiger partial charge in [0.1, 0.15) is 17.2 Å². The van der Waals surface area contributed by atoms with Crippen molar-refractivity contribution in [2.45, 2.75) is 45.7 Å². The van der Waals surface area contributed by atoms with Crippen LogP contribution in [0.25, 0.3) is 10.9 Å². The van der Waals surface area contributed by atoms with Gasteiger partial charge in [0.15, 0.2) is 5.82 Å². The van der Waals surface area contributed by atoms with E-state index in [9.17, 15) is 27.2 Å². The lowest BCUT2D eigenvalue weighted by Crippen LogP contribution is -2.55. The molecule has 1 unspecified atom stereocenters. The summed E-state index contributed by atoms with van der Waals surface area (Å²) in [6.07, 6.45) is -5.56. The molecule has 1 N–H and O–H groups in total. The van der Waals surface area contributed by atoms with E-state index in [0.29, 0.717) is 0 Å². The Labute approximate surface area is 188 Å². The number of H-pyrrole nitrogens is 1. The summed E-state index contributed by atoms with van der Waals surface area (Å²) in [6.45, 7) is 7.57. The van der Waals surface area contributed by atoms with Gasteiger partial charge in [-0.1, -0.05) is 0 Å². The standard InChI is InChI=1S/C19H21BrF4N4O4/c1-9-8-27(5-6-28(9)17(30)32-18(2,3)4)15-10-7-11(31-19(22,23)24)12(20)13(21)14(10)25-16(29)26-15/h7,9H,5-6,8H2,1-4H3,(H,25,26,29). The quantitative estimate of drug-likeness (QED) is 0.593. The van der Waals surface area contributed by atoms with Gasteiger partial charge in [-0.2, -0.15) is 4.98 Å². The van der Waals surface area contributed by atoms with Gasteiger partial charge in [-0.3, -0.25) is 0 Å². The maximum atomic E-state index is 14.8. The van der Waals surface area contributed by atoms with E-state index >= 15 is 0 Å². The van der Waals surface area contributed by atoms with E-state index in [1.54, 1.807) is 32.6 Å². The second-order valence-corrected chi connectivity index (χ2v) is 9.10. The summed E-state index contributed by atoms with van der Waals surface area (Å²) >= 11 is 2.74. The number of carbonyl (C=O) groups excluding carboxylic acids is 1. The van der Waals surface area contributed by atoms with E-state index in [2.05, 4.69) is 30.6 Å². The Hall–Kier alpha value is -2.57. The molecule has 32 heavy (non-hydrogen) atoms. The maximum Gasteiger partial charge on any atom is 0.573 e. The number of piperazine rings is 1. The molecule has 1 saturated heterocycles. The highest BCUT2D eigenvalue weighted by Crippen LogP contribution is 2.38. The number of anilines is 1. The number of ether oxygens (including phenoxy) is 2. The van der Waals surface area contributed by atoms with E-state index in [1.807, 2.05) is 0 Å². The lowest BCUT2D eigenvalue weighted by Gasteiger charge is -2.40. The summed E-state index contributed by atoms with van der Waals surface area (Å²) < 4.78 is 61.8. The normalized spacial score (nSPS) is 17.6. The molecule has 1 aliphatic rings.